The van der Waals surface area contributed by atoms with E-state index < -0.39 is 0 Å². The molecule has 0 aromatic heterocycles. The number of nitrogens with zero attached hydrogens (tertiary/aromatic N) is 1. The Bertz CT molecular complexity index is 783. The van der Waals surface area contributed by atoms with Crippen molar-refractivity contribution >= 4 is 11.6 Å². The lowest BCUT2D eigenvalue weighted by atomic mass is 10.1. The summed E-state index contributed by atoms with van der Waals surface area (Å²) in [6, 6.07) is 26.9. The summed E-state index contributed by atoms with van der Waals surface area (Å²) in [6.07, 6.45) is 0.388. The largest absolute Gasteiger partial charge is 0.457 e. The summed E-state index contributed by atoms with van der Waals surface area (Å²) in [5.41, 5.74) is 1.86. The highest BCUT2D eigenvalue weighted by Crippen LogP contribution is 2.24. The van der Waals surface area contributed by atoms with E-state index >= 15 is 0 Å². The predicted molar refractivity (Wildman–Crippen MR) is 96.5 cm³/mol. The molecule has 0 saturated heterocycles. The van der Waals surface area contributed by atoms with Gasteiger partial charge in [0.25, 0.3) is 0 Å². The number of amides is 1. The summed E-state index contributed by atoms with van der Waals surface area (Å²) in [7, 11) is 1.79. The molecule has 0 aliphatic rings. The van der Waals surface area contributed by atoms with Crippen molar-refractivity contribution in [1.29, 1.82) is 0 Å². The van der Waals surface area contributed by atoms with E-state index in [4.69, 9.17) is 4.74 Å². The molecule has 0 saturated carbocycles. The van der Waals surface area contributed by atoms with E-state index in [1.165, 1.54) is 0 Å². The molecule has 24 heavy (non-hydrogen) atoms. The maximum atomic E-state index is 12.4. The number of rotatable bonds is 5. The molecule has 0 aliphatic heterocycles. The van der Waals surface area contributed by atoms with Crippen LogP contribution in [0, 0.1) is 0 Å². The zero-order valence-corrected chi connectivity index (χ0v) is 13.6. The van der Waals surface area contributed by atoms with Gasteiger partial charge in [-0.2, -0.15) is 0 Å². The van der Waals surface area contributed by atoms with Crippen LogP contribution in [0.15, 0.2) is 84.9 Å². The third-order valence-electron chi connectivity index (χ3n) is 3.78. The molecule has 3 heteroatoms. The number of ether oxygens (including phenoxy) is 1. The Balaban J connectivity index is 1.65. The van der Waals surface area contributed by atoms with Crippen LogP contribution in [0.5, 0.6) is 11.5 Å². The lowest BCUT2D eigenvalue weighted by molar-refractivity contribution is -0.117. The molecule has 0 radical (unpaired) electrons. The fourth-order valence-corrected chi connectivity index (χ4v) is 2.40. The minimum Gasteiger partial charge on any atom is -0.457 e. The number of para-hydroxylation sites is 1. The maximum Gasteiger partial charge on any atom is 0.231 e. The van der Waals surface area contributed by atoms with Crippen molar-refractivity contribution in [3.05, 3.63) is 90.5 Å². The van der Waals surface area contributed by atoms with Crippen LogP contribution in [0.4, 0.5) is 5.69 Å². The molecule has 3 nitrogen and oxygen atoms in total. The molecular weight excluding hydrogens is 298 g/mol. The molecular formula is C21H19NO2. The average Bonchev–Trinajstić information content (AvgIpc) is 2.63. The van der Waals surface area contributed by atoms with E-state index in [0.29, 0.717) is 6.42 Å². The fraction of sp³-hybridized carbons (Fsp3) is 0.0952. The van der Waals surface area contributed by atoms with E-state index in [0.717, 1.165) is 22.7 Å². The van der Waals surface area contributed by atoms with Crippen LogP contribution < -0.4 is 9.64 Å². The monoisotopic (exact) mass is 317 g/mol. The SMILES string of the molecule is CN(C(=O)Cc1ccccc1)c1ccc(Oc2ccccc2)cc1. The van der Waals surface area contributed by atoms with Crippen molar-refractivity contribution in [1.82, 2.24) is 0 Å². The Hall–Kier alpha value is -3.07. The van der Waals surface area contributed by atoms with Gasteiger partial charge in [0.2, 0.25) is 5.91 Å². The number of likely N-dealkylation sites (N-methyl/N-ethyl adjacent to an activating group) is 1. The van der Waals surface area contributed by atoms with E-state index in [1.54, 1.807) is 11.9 Å². The molecule has 0 atom stereocenters. The van der Waals surface area contributed by atoms with E-state index in [-0.39, 0.29) is 5.91 Å². The topological polar surface area (TPSA) is 29.5 Å². The molecule has 3 aromatic carbocycles. The van der Waals surface area contributed by atoms with Gasteiger partial charge in [0, 0.05) is 12.7 Å². The van der Waals surface area contributed by atoms with Gasteiger partial charge >= 0.3 is 0 Å². The average molecular weight is 317 g/mol. The third kappa shape index (κ3) is 4.02. The Labute approximate surface area is 142 Å². The van der Waals surface area contributed by atoms with Gasteiger partial charge in [0.1, 0.15) is 11.5 Å². The van der Waals surface area contributed by atoms with Gasteiger partial charge in [-0.05, 0) is 42.0 Å². The molecule has 0 spiro atoms. The highest BCUT2D eigenvalue weighted by Gasteiger charge is 2.11. The third-order valence-corrected chi connectivity index (χ3v) is 3.78. The highest BCUT2D eigenvalue weighted by atomic mass is 16.5. The maximum absolute atomic E-state index is 12.4. The number of hydrogen-bond donors (Lipinski definition) is 0. The summed E-state index contributed by atoms with van der Waals surface area (Å²) in [6.45, 7) is 0. The van der Waals surface area contributed by atoms with Gasteiger partial charge in [-0.25, -0.2) is 0 Å². The number of benzene rings is 3. The second kappa shape index (κ2) is 7.47. The molecule has 1 amide bonds. The zero-order chi connectivity index (χ0) is 16.8. The first-order chi connectivity index (χ1) is 11.7. The van der Waals surface area contributed by atoms with Gasteiger partial charge < -0.3 is 9.64 Å². The second-order valence-corrected chi connectivity index (χ2v) is 5.52. The van der Waals surface area contributed by atoms with Crippen molar-refractivity contribution in [2.24, 2.45) is 0 Å². The first-order valence-electron chi connectivity index (χ1n) is 7.86. The minimum absolute atomic E-state index is 0.0536. The number of carbonyl (C=O) groups is 1. The van der Waals surface area contributed by atoms with Crippen LogP contribution >= 0.6 is 0 Å². The molecule has 0 N–H and O–H groups in total. The van der Waals surface area contributed by atoms with Crippen molar-refractivity contribution in [2.45, 2.75) is 6.42 Å². The number of anilines is 1. The van der Waals surface area contributed by atoms with Crippen LogP contribution in [0.1, 0.15) is 5.56 Å². The first-order valence-corrected chi connectivity index (χ1v) is 7.86. The van der Waals surface area contributed by atoms with Gasteiger partial charge in [0.15, 0.2) is 0 Å². The van der Waals surface area contributed by atoms with Gasteiger partial charge in [-0.3, -0.25) is 4.79 Å². The van der Waals surface area contributed by atoms with Gasteiger partial charge in [-0.15, -0.1) is 0 Å². The molecule has 0 heterocycles. The molecule has 0 fully saturated rings. The zero-order valence-electron chi connectivity index (χ0n) is 13.6. The first kappa shape index (κ1) is 15.8. The standard InChI is InChI=1S/C21H19NO2/c1-22(21(23)16-17-8-4-2-5-9-17)18-12-14-20(15-13-18)24-19-10-6-3-7-11-19/h2-15H,16H2,1H3. The molecule has 120 valence electrons. The van der Waals surface area contributed by atoms with Crippen molar-refractivity contribution in [3.63, 3.8) is 0 Å². The smallest absolute Gasteiger partial charge is 0.231 e. The highest BCUT2D eigenvalue weighted by molar-refractivity contribution is 5.94. The molecule has 0 bridgehead atoms. The Morgan fingerprint density at radius 2 is 1.33 bits per heavy atom. The minimum atomic E-state index is 0.0536. The normalized spacial score (nSPS) is 10.2. The quantitative estimate of drug-likeness (QED) is 0.683. The lowest BCUT2D eigenvalue weighted by Gasteiger charge is -2.18. The second-order valence-electron chi connectivity index (χ2n) is 5.52. The van der Waals surface area contributed by atoms with Crippen molar-refractivity contribution in [3.8, 4) is 11.5 Å². The van der Waals surface area contributed by atoms with Crippen molar-refractivity contribution < 1.29 is 9.53 Å². The van der Waals surface area contributed by atoms with Crippen LogP contribution in [0.3, 0.4) is 0 Å². The predicted octanol–water partition coefficient (Wildman–Crippen LogP) is 4.68. The number of hydrogen-bond acceptors (Lipinski definition) is 2. The van der Waals surface area contributed by atoms with Crippen LogP contribution in [-0.4, -0.2) is 13.0 Å². The molecule has 0 aliphatic carbocycles. The Morgan fingerprint density at radius 1 is 0.792 bits per heavy atom. The molecule has 3 aromatic rings. The van der Waals surface area contributed by atoms with E-state index in [2.05, 4.69) is 0 Å². The van der Waals surface area contributed by atoms with Gasteiger partial charge in [-0.1, -0.05) is 48.5 Å². The number of carbonyl (C=O) groups excluding carboxylic acids is 1. The molecule has 3 rings (SSSR count). The molecule has 0 unspecified atom stereocenters. The Kier molecular flexibility index (Phi) is 4.92. The van der Waals surface area contributed by atoms with E-state index in [9.17, 15) is 4.79 Å². The Morgan fingerprint density at radius 3 is 1.96 bits per heavy atom. The summed E-state index contributed by atoms with van der Waals surface area (Å²) in [5, 5.41) is 0. The van der Waals surface area contributed by atoms with Crippen molar-refractivity contribution in [2.75, 3.05) is 11.9 Å². The van der Waals surface area contributed by atoms with Crippen LogP contribution in [0.25, 0.3) is 0 Å². The van der Waals surface area contributed by atoms with Crippen LogP contribution in [0.2, 0.25) is 0 Å². The fourth-order valence-electron chi connectivity index (χ4n) is 2.40. The summed E-state index contributed by atoms with van der Waals surface area (Å²) < 4.78 is 5.77. The lowest BCUT2D eigenvalue weighted by Crippen LogP contribution is -2.27. The summed E-state index contributed by atoms with van der Waals surface area (Å²) in [5.74, 6) is 1.59. The van der Waals surface area contributed by atoms with Crippen LogP contribution in [-0.2, 0) is 11.2 Å². The summed E-state index contributed by atoms with van der Waals surface area (Å²) >= 11 is 0. The van der Waals surface area contributed by atoms with E-state index in [1.807, 2.05) is 84.9 Å². The summed E-state index contributed by atoms with van der Waals surface area (Å²) in [4.78, 5) is 14.0. The van der Waals surface area contributed by atoms with Gasteiger partial charge in [0.05, 0.1) is 6.42 Å².